The van der Waals surface area contributed by atoms with Crippen molar-refractivity contribution in [1.29, 1.82) is 0 Å². The van der Waals surface area contributed by atoms with E-state index in [9.17, 15) is 9.59 Å². The Morgan fingerprint density at radius 2 is 1.81 bits per heavy atom. The number of aromatic amines is 1. The standard InChI is InChI=1S/C26H29N3O2/c1-16(2)13-28-15-22(30)29-14-20(18-11-9-17(3)10-12-18)23-19-7-5-6-8-21(19)27-24(23)26(29,4)25(28)31/h5-12,16,20,27H,13-15H2,1-4H3/t20-,26+/m1/s1. The molecule has 0 saturated carbocycles. The van der Waals surface area contributed by atoms with Crippen LogP contribution in [0.1, 0.15) is 49.1 Å². The average Bonchev–Trinajstić information content (AvgIpc) is 3.13. The molecule has 31 heavy (non-hydrogen) atoms. The van der Waals surface area contributed by atoms with Crippen molar-refractivity contribution in [2.45, 2.75) is 39.2 Å². The van der Waals surface area contributed by atoms with Gasteiger partial charge in [-0.3, -0.25) is 9.59 Å². The van der Waals surface area contributed by atoms with Gasteiger partial charge in [-0.1, -0.05) is 61.9 Å². The fourth-order valence-electron chi connectivity index (χ4n) is 5.36. The third kappa shape index (κ3) is 2.90. The van der Waals surface area contributed by atoms with Crippen molar-refractivity contribution >= 4 is 22.7 Å². The minimum Gasteiger partial charge on any atom is -0.356 e. The van der Waals surface area contributed by atoms with E-state index < -0.39 is 5.54 Å². The molecule has 2 amide bonds. The van der Waals surface area contributed by atoms with Crippen LogP contribution in [0, 0.1) is 12.8 Å². The predicted octanol–water partition coefficient (Wildman–Crippen LogP) is 4.16. The maximum Gasteiger partial charge on any atom is 0.254 e. The highest BCUT2D eigenvalue weighted by Gasteiger charge is 2.56. The third-order valence-corrected chi connectivity index (χ3v) is 6.88. The fraction of sp³-hybridized carbons (Fsp3) is 0.385. The van der Waals surface area contributed by atoms with E-state index in [2.05, 4.69) is 62.2 Å². The van der Waals surface area contributed by atoms with Gasteiger partial charge in [0, 0.05) is 29.9 Å². The molecule has 3 aromatic rings. The number of nitrogens with one attached hydrogen (secondary N) is 1. The lowest BCUT2D eigenvalue weighted by Crippen LogP contribution is -2.67. The zero-order valence-electron chi connectivity index (χ0n) is 18.6. The summed E-state index contributed by atoms with van der Waals surface area (Å²) in [5, 5.41) is 1.13. The molecule has 1 N–H and O–H groups in total. The highest BCUT2D eigenvalue weighted by molar-refractivity contribution is 6.01. The number of amides is 2. The molecule has 2 aliphatic heterocycles. The maximum absolute atomic E-state index is 13.8. The average molecular weight is 416 g/mol. The first kappa shape index (κ1) is 19.9. The first-order valence-electron chi connectivity index (χ1n) is 11.1. The molecule has 5 nitrogen and oxygen atoms in total. The number of benzene rings is 2. The summed E-state index contributed by atoms with van der Waals surface area (Å²) in [5.74, 6) is 0.353. The van der Waals surface area contributed by atoms with Gasteiger partial charge < -0.3 is 14.8 Å². The van der Waals surface area contributed by atoms with Crippen LogP contribution in [0.5, 0.6) is 0 Å². The molecule has 1 fully saturated rings. The number of hydrogen-bond acceptors (Lipinski definition) is 2. The topological polar surface area (TPSA) is 56.4 Å². The molecule has 1 saturated heterocycles. The lowest BCUT2D eigenvalue weighted by Gasteiger charge is -2.51. The van der Waals surface area contributed by atoms with Gasteiger partial charge in [0.25, 0.3) is 5.91 Å². The SMILES string of the molecule is Cc1ccc([C@H]2CN3C(=O)CN(CC(C)C)C(=O)[C@]3(C)c3[nH]c4ccccc4c32)cc1. The monoisotopic (exact) mass is 415 g/mol. The van der Waals surface area contributed by atoms with Gasteiger partial charge in [-0.2, -0.15) is 0 Å². The maximum atomic E-state index is 13.8. The van der Waals surface area contributed by atoms with Crippen molar-refractivity contribution in [2.24, 2.45) is 5.92 Å². The Morgan fingerprint density at radius 1 is 1.10 bits per heavy atom. The number of aryl methyl sites for hydroxylation is 1. The predicted molar refractivity (Wildman–Crippen MR) is 122 cm³/mol. The summed E-state index contributed by atoms with van der Waals surface area (Å²) in [6.07, 6.45) is 0. The molecule has 1 aromatic heterocycles. The zero-order valence-corrected chi connectivity index (χ0v) is 18.6. The van der Waals surface area contributed by atoms with Crippen molar-refractivity contribution in [1.82, 2.24) is 14.8 Å². The highest BCUT2D eigenvalue weighted by Crippen LogP contribution is 2.48. The lowest BCUT2D eigenvalue weighted by atomic mass is 9.76. The number of aromatic nitrogens is 1. The molecular weight excluding hydrogens is 386 g/mol. The molecule has 5 rings (SSSR count). The molecule has 0 spiro atoms. The summed E-state index contributed by atoms with van der Waals surface area (Å²) < 4.78 is 0. The second-order valence-corrected chi connectivity index (χ2v) is 9.58. The molecule has 0 unspecified atom stereocenters. The van der Waals surface area contributed by atoms with Crippen molar-refractivity contribution in [3.63, 3.8) is 0 Å². The molecule has 5 heteroatoms. The third-order valence-electron chi connectivity index (χ3n) is 6.88. The molecule has 2 aromatic carbocycles. The Morgan fingerprint density at radius 3 is 2.52 bits per heavy atom. The van der Waals surface area contributed by atoms with Crippen LogP contribution < -0.4 is 0 Å². The van der Waals surface area contributed by atoms with Crippen LogP contribution in [0.2, 0.25) is 0 Å². The van der Waals surface area contributed by atoms with Crippen LogP contribution >= 0.6 is 0 Å². The van der Waals surface area contributed by atoms with Crippen LogP contribution in [-0.2, 0) is 15.1 Å². The van der Waals surface area contributed by atoms with Gasteiger partial charge in [0.2, 0.25) is 5.91 Å². The van der Waals surface area contributed by atoms with E-state index in [1.807, 2.05) is 24.0 Å². The Balaban J connectivity index is 1.73. The van der Waals surface area contributed by atoms with Gasteiger partial charge in [0.15, 0.2) is 5.54 Å². The molecule has 0 bridgehead atoms. The number of H-pyrrole nitrogens is 1. The fourth-order valence-corrected chi connectivity index (χ4v) is 5.36. The van der Waals surface area contributed by atoms with Gasteiger partial charge in [-0.25, -0.2) is 0 Å². The first-order chi connectivity index (χ1) is 14.8. The molecule has 3 heterocycles. The van der Waals surface area contributed by atoms with Gasteiger partial charge >= 0.3 is 0 Å². The van der Waals surface area contributed by atoms with Gasteiger partial charge in [0.1, 0.15) is 0 Å². The highest BCUT2D eigenvalue weighted by atomic mass is 16.2. The Kier molecular flexibility index (Phi) is 4.47. The van der Waals surface area contributed by atoms with Gasteiger partial charge in [0.05, 0.1) is 12.2 Å². The summed E-state index contributed by atoms with van der Waals surface area (Å²) >= 11 is 0. The van der Waals surface area contributed by atoms with E-state index in [-0.39, 0.29) is 24.3 Å². The summed E-state index contributed by atoms with van der Waals surface area (Å²) in [5.41, 5.74) is 4.37. The normalized spacial score (nSPS) is 23.5. The zero-order chi connectivity index (χ0) is 21.9. The van der Waals surface area contributed by atoms with Crippen molar-refractivity contribution in [3.05, 3.63) is 70.9 Å². The smallest absolute Gasteiger partial charge is 0.254 e. The molecule has 160 valence electrons. The van der Waals surface area contributed by atoms with Crippen LogP contribution in [0.15, 0.2) is 48.5 Å². The number of piperazine rings is 1. The van der Waals surface area contributed by atoms with E-state index in [1.165, 1.54) is 11.1 Å². The molecule has 2 aliphatic rings. The Hall–Kier alpha value is -3.08. The number of hydrogen-bond donors (Lipinski definition) is 1. The van der Waals surface area contributed by atoms with Crippen LogP contribution in [0.3, 0.4) is 0 Å². The van der Waals surface area contributed by atoms with E-state index >= 15 is 0 Å². The van der Waals surface area contributed by atoms with Crippen molar-refractivity contribution < 1.29 is 9.59 Å². The number of fused-ring (bicyclic) bond motifs is 5. The van der Waals surface area contributed by atoms with Crippen molar-refractivity contribution in [2.75, 3.05) is 19.6 Å². The summed E-state index contributed by atoms with van der Waals surface area (Å²) in [6.45, 7) is 9.40. The number of para-hydroxylation sites is 1. The molecule has 0 radical (unpaired) electrons. The van der Waals surface area contributed by atoms with E-state index in [0.717, 1.165) is 22.2 Å². The number of rotatable bonds is 3. The van der Waals surface area contributed by atoms with Crippen LogP contribution in [0.4, 0.5) is 0 Å². The quantitative estimate of drug-likeness (QED) is 0.698. The van der Waals surface area contributed by atoms with Crippen molar-refractivity contribution in [3.8, 4) is 0 Å². The summed E-state index contributed by atoms with van der Waals surface area (Å²) in [6, 6.07) is 16.7. The van der Waals surface area contributed by atoms with E-state index in [0.29, 0.717) is 19.0 Å². The molecule has 0 aliphatic carbocycles. The molecular formula is C26H29N3O2. The molecule has 2 atom stereocenters. The number of carbonyl (C=O) groups is 2. The minimum absolute atomic E-state index is 0.0102. The Labute approximate surface area is 183 Å². The summed E-state index contributed by atoms with van der Waals surface area (Å²) in [7, 11) is 0. The second-order valence-electron chi connectivity index (χ2n) is 9.58. The van der Waals surface area contributed by atoms with E-state index in [1.54, 1.807) is 4.90 Å². The second kappa shape index (κ2) is 6.98. The number of nitrogens with zero attached hydrogens (tertiary/aromatic N) is 2. The number of carbonyl (C=O) groups excluding carboxylic acids is 2. The van der Waals surface area contributed by atoms with E-state index in [4.69, 9.17) is 0 Å². The van der Waals surface area contributed by atoms with Crippen LogP contribution in [0.25, 0.3) is 10.9 Å². The van der Waals surface area contributed by atoms with Gasteiger partial charge in [-0.05, 0) is 37.0 Å². The largest absolute Gasteiger partial charge is 0.356 e. The lowest BCUT2D eigenvalue weighted by molar-refractivity contribution is -0.166. The summed E-state index contributed by atoms with van der Waals surface area (Å²) in [4.78, 5) is 34.3. The van der Waals surface area contributed by atoms with Gasteiger partial charge in [-0.15, -0.1) is 0 Å². The van der Waals surface area contributed by atoms with Crippen LogP contribution in [-0.4, -0.2) is 46.2 Å². The first-order valence-corrected chi connectivity index (χ1v) is 11.1. The minimum atomic E-state index is -1.01. The Bertz CT molecular complexity index is 1180.